The molecule has 2 atom stereocenters. The highest BCUT2D eigenvalue weighted by atomic mass is 32.2. The van der Waals surface area contributed by atoms with Crippen LogP contribution in [-0.4, -0.2) is 28.1 Å². The van der Waals surface area contributed by atoms with Crippen molar-refractivity contribution in [2.45, 2.75) is 24.3 Å². The molecular weight excluding hydrogens is 316 g/mol. The van der Waals surface area contributed by atoms with E-state index in [1.165, 1.54) is 0 Å². The monoisotopic (exact) mass is 336 g/mol. The number of hydrogen-bond donors (Lipinski definition) is 3. The maximum atomic E-state index is 11.9. The molecule has 0 bridgehead atoms. The van der Waals surface area contributed by atoms with Crippen molar-refractivity contribution in [1.29, 1.82) is 0 Å². The molecular formula is C16H20N2O4S. The first-order chi connectivity index (χ1) is 10.8. The minimum Gasteiger partial charge on any atom is -0.463 e. The third-order valence-corrected chi connectivity index (χ3v) is 4.21. The summed E-state index contributed by atoms with van der Waals surface area (Å²) >= 11 is 0. The Morgan fingerprint density at radius 3 is 2.70 bits per heavy atom. The Hall–Kier alpha value is -2.12. The Balaban J connectivity index is 1.95. The van der Waals surface area contributed by atoms with Gasteiger partial charge in [0.15, 0.2) is 0 Å². The number of amides is 2. The number of rotatable bonds is 5. The van der Waals surface area contributed by atoms with Gasteiger partial charge in [-0.25, -0.2) is 4.79 Å². The fourth-order valence-corrected chi connectivity index (χ4v) is 2.55. The lowest BCUT2D eigenvalue weighted by atomic mass is 10.0. The van der Waals surface area contributed by atoms with Gasteiger partial charge in [0.05, 0.1) is 6.54 Å². The van der Waals surface area contributed by atoms with Gasteiger partial charge in [-0.3, -0.25) is 4.21 Å². The van der Waals surface area contributed by atoms with E-state index in [0.717, 1.165) is 0 Å². The van der Waals surface area contributed by atoms with Crippen molar-refractivity contribution in [3.05, 3.63) is 47.9 Å². The number of nitrogens with one attached hydrogen (secondary N) is 2. The van der Waals surface area contributed by atoms with Gasteiger partial charge in [-0.2, -0.15) is 0 Å². The SMILES string of the molecule is Cc1ccc([C@](C)(O)CNC(=O)Nc2cccc([S@](C)=O)c2)o1. The van der Waals surface area contributed by atoms with Crippen LogP contribution in [0.2, 0.25) is 0 Å². The lowest BCUT2D eigenvalue weighted by Crippen LogP contribution is -2.40. The van der Waals surface area contributed by atoms with Crippen LogP contribution in [0.3, 0.4) is 0 Å². The van der Waals surface area contributed by atoms with Crippen molar-refractivity contribution in [1.82, 2.24) is 5.32 Å². The molecule has 0 aliphatic carbocycles. The molecule has 1 aromatic heterocycles. The van der Waals surface area contributed by atoms with E-state index in [2.05, 4.69) is 10.6 Å². The summed E-state index contributed by atoms with van der Waals surface area (Å²) in [4.78, 5) is 12.6. The summed E-state index contributed by atoms with van der Waals surface area (Å²) in [5.41, 5.74) is -0.776. The summed E-state index contributed by atoms with van der Waals surface area (Å²) < 4.78 is 16.8. The van der Waals surface area contributed by atoms with Crippen LogP contribution < -0.4 is 10.6 Å². The fourth-order valence-electron chi connectivity index (χ4n) is 1.99. The van der Waals surface area contributed by atoms with Crippen molar-refractivity contribution >= 4 is 22.5 Å². The molecule has 0 spiro atoms. The number of aliphatic hydroxyl groups is 1. The highest BCUT2D eigenvalue weighted by Crippen LogP contribution is 2.22. The van der Waals surface area contributed by atoms with Crippen molar-refractivity contribution in [2.24, 2.45) is 0 Å². The summed E-state index contributed by atoms with van der Waals surface area (Å²) in [6, 6.07) is 9.74. The van der Waals surface area contributed by atoms with E-state index < -0.39 is 22.4 Å². The van der Waals surface area contributed by atoms with Gasteiger partial charge < -0.3 is 20.2 Å². The Kier molecular flexibility index (Phi) is 5.23. The lowest BCUT2D eigenvalue weighted by molar-refractivity contribution is 0.0364. The molecule has 0 radical (unpaired) electrons. The molecule has 0 aliphatic heterocycles. The van der Waals surface area contributed by atoms with Crippen LogP contribution in [-0.2, 0) is 16.4 Å². The average Bonchev–Trinajstić information content (AvgIpc) is 2.93. The molecule has 0 unspecified atom stereocenters. The summed E-state index contributed by atoms with van der Waals surface area (Å²) in [5.74, 6) is 1.08. The maximum absolute atomic E-state index is 11.9. The van der Waals surface area contributed by atoms with E-state index in [4.69, 9.17) is 4.42 Å². The van der Waals surface area contributed by atoms with Crippen LogP contribution in [0, 0.1) is 6.92 Å². The van der Waals surface area contributed by atoms with Gasteiger partial charge >= 0.3 is 6.03 Å². The quantitative estimate of drug-likeness (QED) is 0.781. The summed E-state index contributed by atoms with van der Waals surface area (Å²) in [7, 11) is -1.12. The number of carbonyl (C=O) groups is 1. The Morgan fingerprint density at radius 2 is 2.09 bits per heavy atom. The Bertz CT molecular complexity index is 724. The van der Waals surface area contributed by atoms with Crippen LogP contribution in [0.1, 0.15) is 18.4 Å². The highest BCUT2D eigenvalue weighted by molar-refractivity contribution is 7.84. The summed E-state index contributed by atoms with van der Waals surface area (Å²) in [5, 5.41) is 15.6. The van der Waals surface area contributed by atoms with E-state index >= 15 is 0 Å². The zero-order valence-corrected chi connectivity index (χ0v) is 14.1. The van der Waals surface area contributed by atoms with Gasteiger partial charge in [0.1, 0.15) is 17.1 Å². The summed E-state index contributed by atoms with van der Waals surface area (Å²) in [6.07, 6.45) is 1.57. The smallest absolute Gasteiger partial charge is 0.319 e. The van der Waals surface area contributed by atoms with Gasteiger partial charge in [0.25, 0.3) is 0 Å². The van der Waals surface area contributed by atoms with Gasteiger partial charge in [0, 0.05) is 27.6 Å². The van der Waals surface area contributed by atoms with Crippen molar-refractivity contribution in [3.63, 3.8) is 0 Å². The van der Waals surface area contributed by atoms with Crippen LogP contribution in [0.25, 0.3) is 0 Å². The fraction of sp³-hybridized carbons (Fsp3) is 0.312. The standard InChI is InChI=1S/C16H20N2O4S/c1-11-7-8-14(22-11)16(2,20)10-17-15(19)18-12-5-4-6-13(9-12)23(3)21/h4-9,20H,10H2,1-3H3,(H2,17,18,19)/t16-,23+/m1/s1. The van der Waals surface area contributed by atoms with Gasteiger partial charge in [-0.1, -0.05) is 6.07 Å². The molecule has 1 aromatic carbocycles. The zero-order valence-electron chi connectivity index (χ0n) is 13.3. The van der Waals surface area contributed by atoms with E-state index in [1.807, 2.05) is 0 Å². The Morgan fingerprint density at radius 1 is 1.35 bits per heavy atom. The molecule has 0 saturated carbocycles. The molecule has 7 heteroatoms. The number of anilines is 1. The minimum atomic E-state index is -1.31. The molecule has 0 aliphatic rings. The van der Waals surface area contributed by atoms with Crippen LogP contribution >= 0.6 is 0 Å². The molecule has 2 rings (SSSR count). The van der Waals surface area contributed by atoms with Crippen LogP contribution in [0.15, 0.2) is 45.7 Å². The third kappa shape index (κ3) is 4.67. The second-order valence-corrected chi connectivity index (χ2v) is 6.85. The normalized spacial score (nSPS) is 14.8. The molecule has 2 amide bonds. The predicted octanol–water partition coefficient (Wildman–Crippen LogP) is 2.35. The molecule has 0 saturated heterocycles. The van der Waals surface area contributed by atoms with Crippen molar-refractivity contribution in [2.75, 3.05) is 18.1 Å². The molecule has 1 heterocycles. The van der Waals surface area contributed by atoms with Crippen molar-refractivity contribution in [3.8, 4) is 0 Å². The second-order valence-electron chi connectivity index (χ2n) is 5.47. The van der Waals surface area contributed by atoms with Gasteiger partial charge in [-0.15, -0.1) is 0 Å². The van der Waals surface area contributed by atoms with E-state index in [-0.39, 0.29) is 6.54 Å². The van der Waals surface area contributed by atoms with Crippen LogP contribution in [0.4, 0.5) is 10.5 Å². The first kappa shape index (κ1) is 17.2. The van der Waals surface area contributed by atoms with E-state index in [0.29, 0.717) is 22.1 Å². The molecule has 6 nitrogen and oxygen atoms in total. The lowest BCUT2D eigenvalue weighted by Gasteiger charge is -2.21. The molecule has 124 valence electrons. The molecule has 3 N–H and O–H groups in total. The van der Waals surface area contributed by atoms with Crippen LogP contribution in [0.5, 0.6) is 0 Å². The third-order valence-electron chi connectivity index (χ3n) is 3.29. The minimum absolute atomic E-state index is 0.00874. The number of urea groups is 1. The van der Waals surface area contributed by atoms with E-state index in [9.17, 15) is 14.1 Å². The first-order valence-corrected chi connectivity index (χ1v) is 8.61. The average molecular weight is 336 g/mol. The number of aryl methyl sites for hydroxylation is 1. The maximum Gasteiger partial charge on any atom is 0.319 e. The Labute approximate surface area is 137 Å². The largest absolute Gasteiger partial charge is 0.463 e. The van der Waals surface area contributed by atoms with Gasteiger partial charge in [-0.05, 0) is 44.2 Å². The molecule has 0 fully saturated rings. The van der Waals surface area contributed by atoms with E-state index in [1.54, 1.807) is 56.5 Å². The number of furan rings is 1. The second kappa shape index (κ2) is 6.97. The number of carbonyl (C=O) groups excluding carboxylic acids is 1. The molecule has 2 aromatic rings. The molecule has 23 heavy (non-hydrogen) atoms. The number of hydrogen-bond acceptors (Lipinski definition) is 4. The van der Waals surface area contributed by atoms with Crippen molar-refractivity contribution < 1.29 is 18.5 Å². The highest BCUT2D eigenvalue weighted by Gasteiger charge is 2.27. The number of benzene rings is 1. The predicted molar refractivity (Wildman–Crippen MR) is 88.8 cm³/mol. The topological polar surface area (TPSA) is 91.6 Å². The van der Waals surface area contributed by atoms with Gasteiger partial charge in [0.2, 0.25) is 0 Å². The first-order valence-electron chi connectivity index (χ1n) is 7.05. The summed E-state index contributed by atoms with van der Waals surface area (Å²) in [6.45, 7) is 3.34. The zero-order chi connectivity index (χ0) is 17.0.